The molecule has 0 aliphatic heterocycles. The lowest BCUT2D eigenvalue weighted by Gasteiger charge is -2.13. The van der Waals surface area contributed by atoms with Crippen molar-refractivity contribution in [2.24, 2.45) is 0 Å². The molecule has 9 nitrogen and oxygen atoms in total. The molecular weight excluding hydrogens is 434 g/mol. The van der Waals surface area contributed by atoms with E-state index in [2.05, 4.69) is 20.8 Å². The predicted octanol–water partition coefficient (Wildman–Crippen LogP) is 4.43. The molecule has 1 heterocycles. The van der Waals surface area contributed by atoms with E-state index in [4.69, 9.17) is 26.2 Å². The normalized spacial score (nSPS) is 10.6. The Kier molecular flexibility index (Phi) is 6.18. The number of rotatable bonds is 8. The van der Waals surface area contributed by atoms with Gasteiger partial charge in [-0.2, -0.15) is 4.68 Å². The van der Waals surface area contributed by atoms with Crippen molar-refractivity contribution in [1.82, 2.24) is 20.2 Å². The fraction of sp³-hybridized carbons (Fsp3) is 0.0909. The van der Waals surface area contributed by atoms with Crippen molar-refractivity contribution < 1.29 is 19.4 Å². The molecule has 0 saturated heterocycles. The highest BCUT2D eigenvalue weighted by atomic mass is 35.5. The minimum Gasteiger partial charge on any atom is -0.493 e. The molecule has 0 saturated carbocycles. The molecule has 32 heavy (non-hydrogen) atoms. The quantitative estimate of drug-likeness (QED) is 0.404. The van der Waals surface area contributed by atoms with Crippen LogP contribution >= 0.6 is 11.6 Å². The van der Waals surface area contributed by atoms with Crippen molar-refractivity contribution in [1.29, 1.82) is 0 Å². The molecule has 0 atom stereocenters. The van der Waals surface area contributed by atoms with Gasteiger partial charge in [0.25, 0.3) is 0 Å². The maximum atomic E-state index is 11.1. The molecule has 4 rings (SSSR count). The van der Waals surface area contributed by atoms with E-state index >= 15 is 0 Å². The molecule has 1 aromatic heterocycles. The first-order valence-electron chi connectivity index (χ1n) is 9.50. The second-order valence-electron chi connectivity index (χ2n) is 6.65. The van der Waals surface area contributed by atoms with Crippen molar-refractivity contribution in [3.63, 3.8) is 0 Å². The molecule has 0 fully saturated rings. The van der Waals surface area contributed by atoms with Crippen molar-refractivity contribution in [3.05, 3.63) is 82.9 Å². The largest absolute Gasteiger partial charge is 0.493 e. The molecular formula is C22H18ClN5O4. The molecule has 0 amide bonds. The molecule has 10 heteroatoms. The zero-order valence-electron chi connectivity index (χ0n) is 16.9. The average molecular weight is 452 g/mol. The highest BCUT2D eigenvalue weighted by Gasteiger charge is 2.14. The first kappa shape index (κ1) is 21.1. The first-order valence-corrected chi connectivity index (χ1v) is 9.88. The van der Waals surface area contributed by atoms with Crippen LogP contribution in [-0.4, -0.2) is 38.4 Å². The van der Waals surface area contributed by atoms with Crippen molar-refractivity contribution in [2.45, 2.75) is 6.54 Å². The number of anilines is 1. The third-order valence-corrected chi connectivity index (χ3v) is 4.88. The molecule has 0 unspecified atom stereocenters. The summed E-state index contributed by atoms with van der Waals surface area (Å²) in [6.45, 7) is 0.459. The number of para-hydroxylation sites is 1. The number of hydrogen-bond donors (Lipinski definition) is 2. The standard InChI is InChI=1S/C22H18ClN5O4/c1-31-20-11-14(13-24-15-8-9-17(21(29)30)18(23)12-15)7-10-19(20)32-22-25-26-27-28(22)16-5-3-2-4-6-16/h2-12,24H,13H2,1H3,(H,29,30). The number of halogens is 1. The molecule has 0 spiro atoms. The van der Waals surface area contributed by atoms with Gasteiger partial charge in [-0.3, -0.25) is 0 Å². The number of nitrogens with one attached hydrogen (secondary N) is 1. The summed E-state index contributed by atoms with van der Waals surface area (Å²) in [6.07, 6.45) is 0. The maximum absolute atomic E-state index is 11.1. The minimum absolute atomic E-state index is 0.0539. The second kappa shape index (κ2) is 9.36. The van der Waals surface area contributed by atoms with Gasteiger partial charge in [0.1, 0.15) is 0 Å². The van der Waals surface area contributed by atoms with E-state index in [1.165, 1.54) is 10.7 Å². The third kappa shape index (κ3) is 4.62. The summed E-state index contributed by atoms with van der Waals surface area (Å²) in [5.74, 6) is -0.108. The number of nitrogens with zero attached hydrogens (tertiary/aromatic N) is 4. The van der Waals surface area contributed by atoms with Gasteiger partial charge < -0.3 is 19.9 Å². The molecule has 0 radical (unpaired) electrons. The Morgan fingerprint density at radius 1 is 1.09 bits per heavy atom. The van der Waals surface area contributed by atoms with E-state index in [-0.39, 0.29) is 16.6 Å². The second-order valence-corrected chi connectivity index (χ2v) is 7.06. The lowest BCUT2D eigenvalue weighted by atomic mass is 10.1. The highest BCUT2D eigenvalue weighted by Crippen LogP contribution is 2.32. The van der Waals surface area contributed by atoms with Crippen LogP contribution in [0.2, 0.25) is 5.02 Å². The van der Waals surface area contributed by atoms with E-state index in [1.807, 2.05) is 42.5 Å². The Balaban J connectivity index is 1.49. The van der Waals surface area contributed by atoms with E-state index in [0.29, 0.717) is 23.7 Å². The Labute approximate surface area is 188 Å². The van der Waals surface area contributed by atoms with E-state index < -0.39 is 5.97 Å². The van der Waals surface area contributed by atoms with Gasteiger partial charge in [-0.1, -0.05) is 41.0 Å². The van der Waals surface area contributed by atoms with Crippen molar-refractivity contribution in [2.75, 3.05) is 12.4 Å². The summed E-state index contributed by atoms with van der Waals surface area (Å²) in [4.78, 5) is 11.1. The number of ether oxygens (including phenoxy) is 2. The number of aromatic nitrogens is 4. The fourth-order valence-electron chi connectivity index (χ4n) is 2.98. The number of tetrazole rings is 1. The predicted molar refractivity (Wildman–Crippen MR) is 118 cm³/mol. The van der Waals surface area contributed by atoms with Gasteiger partial charge in [0.15, 0.2) is 11.5 Å². The Bertz CT molecular complexity index is 1250. The van der Waals surface area contributed by atoms with Crippen LogP contribution in [0.15, 0.2) is 66.7 Å². The van der Waals surface area contributed by atoms with Crippen LogP contribution < -0.4 is 14.8 Å². The highest BCUT2D eigenvalue weighted by molar-refractivity contribution is 6.33. The number of carboxylic acids is 1. The molecule has 3 aromatic carbocycles. The topological polar surface area (TPSA) is 111 Å². The zero-order chi connectivity index (χ0) is 22.5. The summed E-state index contributed by atoms with van der Waals surface area (Å²) in [5, 5.41) is 24.1. The van der Waals surface area contributed by atoms with Crippen molar-refractivity contribution in [3.8, 4) is 23.2 Å². The Morgan fingerprint density at radius 3 is 2.62 bits per heavy atom. The Morgan fingerprint density at radius 2 is 1.91 bits per heavy atom. The number of hydrogen-bond acceptors (Lipinski definition) is 7. The molecule has 2 N–H and O–H groups in total. The monoisotopic (exact) mass is 451 g/mol. The lowest BCUT2D eigenvalue weighted by molar-refractivity contribution is 0.0697. The van der Waals surface area contributed by atoms with Crippen LogP contribution in [0.4, 0.5) is 5.69 Å². The maximum Gasteiger partial charge on any atom is 0.346 e. The smallest absolute Gasteiger partial charge is 0.346 e. The van der Waals surface area contributed by atoms with Gasteiger partial charge in [0, 0.05) is 12.2 Å². The third-order valence-electron chi connectivity index (χ3n) is 4.57. The van der Waals surface area contributed by atoms with E-state index in [1.54, 1.807) is 25.3 Å². The number of aromatic carboxylic acids is 1. The van der Waals surface area contributed by atoms with Crippen LogP contribution in [-0.2, 0) is 6.54 Å². The summed E-state index contributed by atoms with van der Waals surface area (Å²) in [6, 6.07) is 19.7. The van der Waals surface area contributed by atoms with Crippen LogP contribution in [0.3, 0.4) is 0 Å². The lowest BCUT2D eigenvalue weighted by Crippen LogP contribution is -2.03. The van der Waals surface area contributed by atoms with Crippen molar-refractivity contribution >= 4 is 23.3 Å². The summed E-state index contributed by atoms with van der Waals surface area (Å²) < 4.78 is 12.9. The van der Waals surface area contributed by atoms with Crippen LogP contribution in [0, 0.1) is 0 Å². The average Bonchev–Trinajstić information content (AvgIpc) is 3.27. The fourth-order valence-corrected chi connectivity index (χ4v) is 3.24. The summed E-state index contributed by atoms with van der Waals surface area (Å²) in [5.41, 5.74) is 2.43. The first-order chi connectivity index (χ1) is 15.5. The van der Waals surface area contributed by atoms with Gasteiger partial charge in [-0.05, 0) is 58.5 Å². The number of benzene rings is 3. The van der Waals surface area contributed by atoms with E-state index in [9.17, 15) is 4.79 Å². The molecule has 162 valence electrons. The molecule has 0 bridgehead atoms. The molecule has 0 aliphatic carbocycles. The number of carboxylic acid groups (broad SMARTS) is 1. The van der Waals surface area contributed by atoms with E-state index in [0.717, 1.165) is 11.3 Å². The van der Waals surface area contributed by atoms with Crippen LogP contribution in [0.1, 0.15) is 15.9 Å². The summed E-state index contributed by atoms with van der Waals surface area (Å²) >= 11 is 6.02. The van der Waals surface area contributed by atoms with Gasteiger partial charge >= 0.3 is 12.0 Å². The molecule has 4 aromatic rings. The number of methoxy groups -OCH3 is 1. The van der Waals surface area contributed by atoms with Gasteiger partial charge in [-0.15, -0.1) is 0 Å². The minimum atomic E-state index is -1.07. The van der Waals surface area contributed by atoms with Gasteiger partial charge in [-0.25, -0.2) is 4.79 Å². The zero-order valence-corrected chi connectivity index (χ0v) is 17.7. The van der Waals surface area contributed by atoms with Crippen LogP contribution in [0.5, 0.6) is 17.5 Å². The Hall–Kier alpha value is -4.11. The number of carbonyl (C=O) groups is 1. The SMILES string of the molecule is COc1cc(CNc2ccc(C(=O)O)c(Cl)c2)ccc1Oc1nnnn1-c1ccccc1. The summed E-state index contributed by atoms with van der Waals surface area (Å²) in [7, 11) is 1.55. The van der Waals surface area contributed by atoms with Crippen LogP contribution in [0.25, 0.3) is 5.69 Å². The van der Waals surface area contributed by atoms with Gasteiger partial charge in [0.2, 0.25) is 0 Å². The molecule has 0 aliphatic rings. The van der Waals surface area contributed by atoms with Gasteiger partial charge in [0.05, 0.1) is 23.4 Å².